The Kier molecular flexibility index (Phi) is 4.01. The summed E-state index contributed by atoms with van der Waals surface area (Å²) in [7, 11) is 0. The van der Waals surface area contributed by atoms with E-state index in [1.54, 1.807) is 12.1 Å². The summed E-state index contributed by atoms with van der Waals surface area (Å²) < 4.78 is 5.63. The zero-order valence-corrected chi connectivity index (χ0v) is 13.6. The summed E-state index contributed by atoms with van der Waals surface area (Å²) in [6, 6.07) is 31.0. The molecule has 4 aromatic carbocycles. The molecule has 0 bridgehead atoms. The lowest BCUT2D eigenvalue weighted by molar-refractivity contribution is 0.0737. The fourth-order valence-corrected chi connectivity index (χ4v) is 3.00. The number of rotatable bonds is 3. The molecule has 0 heterocycles. The highest BCUT2D eigenvalue weighted by molar-refractivity contribution is 6.10. The molecule has 2 heteroatoms. The highest BCUT2D eigenvalue weighted by Crippen LogP contribution is 2.31. The monoisotopic (exact) mass is 324 g/mol. The average molecular weight is 324 g/mol. The number of carbonyl (C=O) groups excluding carboxylic acids is 1. The first-order chi connectivity index (χ1) is 12.3. The molecule has 0 fully saturated rings. The van der Waals surface area contributed by atoms with E-state index in [0.29, 0.717) is 11.3 Å². The Morgan fingerprint density at radius 1 is 0.640 bits per heavy atom. The first kappa shape index (κ1) is 15.2. The van der Waals surface area contributed by atoms with Crippen molar-refractivity contribution in [2.24, 2.45) is 0 Å². The van der Waals surface area contributed by atoms with Gasteiger partial charge in [0.05, 0.1) is 5.56 Å². The molecule has 25 heavy (non-hydrogen) atoms. The third-order valence-corrected chi connectivity index (χ3v) is 4.17. The molecule has 0 aliphatic rings. The predicted octanol–water partition coefficient (Wildman–Crippen LogP) is 5.73. The molecule has 0 aliphatic heterocycles. The van der Waals surface area contributed by atoms with E-state index in [0.717, 1.165) is 21.9 Å². The molecule has 0 aliphatic carbocycles. The van der Waals surface area contributed by atoms with Crippen molar-refractivity contribution in [3.63, 3.8) is 0 Å². The molecule has 4 aromatic rings. The number of para-hydroxylation sites is 1. The normalized spacial score (nSPS) is 10.6. The molecule has 4 rings (SSSR count). The van der Waals surface area contributed by atoms with Gasteiger partial charge in [-0.25, -0.2) is 4.79 Å². The second kappa shape index (κ2) is 6.62. The Balaban J connectivity index is 1.89. The summed E-state index contributed by atoms with van der Waals surface area (Å²) in [5, 5.41) is 1.91. The predicted molar refractivity (Wildman–Crippen MR) is 101 cm³/mol. The van der Waals surface area contributed by atoms with E-state index >= 15 is 0 Å². The zero-order valence-electron chi connectivity index (χ0n) is 13.6. The van der Waals surface area contributed by atoms with Crippen LogP contribution in [0.5, 0.6) is 5.75 Å². The van der Waals surface area contributed by atoms with Gasteiger partial charge in [0, 0.05) is 0 Å². The molecular weight excluding hydrogens is 308 g/mol. The van der Waals surface area contributed by atoms with Gasteiger partial charge in [0.2, 0.25) is 0 Å². The lowest BCUT2D eigenvalue weighted by Crippen LogP contribution is -2.11. The van der Waals surface area contributed by atoms with Crippen LogP contribution in [0, 0.1) is 0 Å². The number of hydrogen-bond donors (Lipinski definition) is 0. The van der Waals surface area contributed by atoms with Crippen molar-refractivity contribution in [1.29, 1.82) is 0 Å². The molecule has 0 amide bonds. The van der Waals surface area contributed by atoms with E-state index in [2.05, 4.69) is 0 Å². The van der Waals surface area contributed by atoms with Gasteiger partial charge in [-0.2, -0.15) is 0 Å². The van der Waals surface area contributed by atoms with Gasteiger partial charge in [-0.3, -0.25) is 0 Å². The van der Waals surface area contributed by atoms with E-state index < -0.39 is 0 Å². The van der Waals surface area contributed by atoms with Crippen LogP contribution < -0.4 is 4.74 Å². The molecule has 0 N–H and O–H groups in total. The summed E-state index contributed by atoms with van der Waals surface area (Å²) >= 11 is 0. The second-order valence-electron chi connectivity index (χ2n) is 5.78. The van der Waals surface area contributed by atoms with Crippen molar-refractivity contribution < 1.29 is 9.53 Å². The van der Waals surface area contributed by atoms with E-state index in [1.165, 1.54) is 0 Å². The Morgan fingerprint density at radius 3 is 2.04 bits per heavy atom. The first-order valence-electron chi connectivity index (χ1n) is 8.17. The number of benzene rings is 4. The van der Waals surface area contributed by atoms with Gasteiger partial charge in [0.15, 0.2) is 0 Å². The largest absolute Gasteiger partial charge is 0.423 e. The number of ether oxygens (including phenoxy) is 1. The third-order valence-electron chi connectivity index (χ3n) is 4.17. The van der Waals surface area contributed by atoms with Crippen molar-refractivity contribution in [3.8, 4) is 16.9 Å². The fourth-order valence-electron chi connectivity index (χ4n) is 3.00. The topological polar surface area (TPSA) is 26.3 Å². The molecule has 0 saturated carbocycles. The Morgan fingerprint density at radius 2 is 1.28 bits per heavy atom. The van der Waals surface area contributed by atoms with Gasteiger partial charge in [0.25, 0.3) is 0 Å². The second-order valence-corrected chi connectivity index (χ2v) is 5.78. The smallest absolute Gasteiger partial charge is 0.344 e. The number of carbonyl (C=O) groups is 1. The van der Waals surface area contributed by atoms with Crippen molar-refractivity contribution in [1.82, 2.24) is 0 Å². The molecule has 0 atom stereocenters. The van der Waals surface area contributed by atoms with Crippen LogP contribution in [0.25, 0.3) is 21.9 Å². The summed E-state index contributed by atoms with van der Waals surface area (Å²) in [5.74, 6) is 0.196. The van der Waals surface area contributed by atoms with Crippen LogP contribution in [0.3, 0.4) is 0 Å². The molecule has 0 saturated heterocycles. The van der Waals surface area contributed by atoms with Crippen LogP contribution in [0.15, 0.2) is 97.1 Å². The van der Waals surface area contributed by atoms with Gasteiger partial charge in [-0.15, -0.1) is 0 Å². The molecule has 0 radical (unpaired) electrons. The minimum atomic E-state index is -0.346. The van der Waals surface area contributed by atoms with Gasteiger partial charge in [-0.1, -0.05) is 84.9 Å². The Labute approximate surface area is 146 Å². The molecule has 0 spiro atoms. The van der Waals surface area contributed by atoms with E-state index in [9.17, 15) is 4.79 Å². The molecule has 0 aromatic heterocycles. The Bertz CT molecular complexity index is 1020. The SMILES string of the molecule is O=C(Oc1ccccc1)c1c(-c2ccccc2)ccc2ccccc12. The third kappa shape index (κ3) is 3.02. The fraction of sp³-hybridized carbons (Fsp3) is 0. The van der Waals surface area contributed by atoms with Crippen molar-refractivity contribution >= 4 is 16.7 Å². The maximum Gasteiger partial charge on any atom is 0.344 e. The van der Waals surface area contributed by atoms with Crippen LogP contribution >= 0.6 is 0 Å². The van der Waals surface area contributed by atoms with E-state index in [1.807, 2.05) is 84.9 Å². The molecule has 0 unspecified atom stereocenters. The van der Waals surface area contributed by atoms with Crippen LogP contribution in [0.1, 0.15) is 10.4 Å². The quantitative estimate of drug-likeness (QED) is 0.355. The highest BCUT2D eigenvalue weighted by Gasteiger charge is 2.18. The average Bonchev–Trinajstić information content (AvgIpc) is 2.68. The summed E-state index contributed by atoms with van der Waals surface area (Å²) in [4.78, 5) is 13.0. The zero-order chi connectivity index (χ0) is 17.1. The molecule has 120 valence electrons. The lowest BCUT2D eigenvalue weighted by Gasteiger charge is -2.13. The summed E-state index contributed by atoms with van der Waals surface area (Å²) in [5.41, 5.74) is 2.46. The number of esters is 1. The maximum absolute atomic E-state index is 13.0. The van der Waals surface area contributed by atoms with Crippen LogP contribution in [0.2, 0.25) is 0 Å². The lowest BCUT2D eigenvalue weighted by atomic mass is 9.94. The highest BCUT2D eigenvalue weighted by atomic mass is 16.5. The van der Waals surface area contributed by atoms with Crippen molar-refractivity contribution in [3.05, 3.63) is 103 Å². The van der Waals surface area contributed by atoms with Gasteiger partial charge in [0.1, 0.15) is 5.75 Å². The minimum Gasteiger partial charge on any atom is -0.423 e. The molecular formula is C23H16O2. The number of hydrogen-bond acceptors (Lipinski definition) is 2. The molecule has 2 nitrogen and oxygen atoms in total. The Hall–Kier alpha value is -3.39. The van der Waals surface area contributed by atoms with Gasteiger partial charge in [-0.05, 0) is 34.0 Å². The van der Waals surface area contributed by atoms with E-state index in [4.69, 9.17) is 4.74 Å². The minimum absolute atomic E-state index is 0.346. The van der Waals surface area contributed by atoms with Gasteiger partial charge >= 0.3 is 5.97 Å². The van der Waals surface area contributed by atoms with E-state index in [-0.39, 0.29) is 5.97 Å². The maximum atomic E-state index is 13.0. The standard InChI is InChI=1S/C23H16O2/c24-23(25-19-12-5-2-6-13-19)22-20-14-8-7-11-18(20)15-16-21(22)17-9-3-1-4-10-17/h1-16H. The van der Waals surface area contributed by atoms with Crippen LogP contribution in [-0.4, -0.2) is 5.97 Å². The first-order valence-corrected chi connectivity index (χ1v) is 8.17. The van der Waals surface area contributed by atoms with Crippen LogP contribution in [0.4, 0.5) is 0 Å². The summed E-state index contributed by atoms with van der Waals surface area (Å²) in [6.07, 6.45) is 0. The van der Waals surface area contributed by atoms with Crippen LogP contribution in [-0.2, 0) is 0 Å². The van der Waals surface area contributed by atoms with Crippen molar-refractivity contribution in [2.75, 3.05) is 0 Å². The number of fused-ring (bicyclic) bond motifs is 1. The summed E-state index contributed by atoms with van der Waals surface area (Å²) in [6.45, 7) is 0. The van der Waals surface area contributed by atoms with Crippen molar-refractivity contribution in [2.45, 2.75) is 0 Å². The van der Waals surface area contributed by atoms with Gasteiger partial charge < -0.3 is 4.74 Å².